The smallest absolute Gasteiger partial charge is 0.407 e. The lowest BCUT2D eigenvalue weighted by molar-refractivity contribution is 0.101. The zero-order valence-electron chi connectivity index (χ0n) is 8.93. The Bertz CT molecular complexity index is 137. The fourth-order valence-electron chi connectivity index (χ4n) is 1.11. The van der Waals surface area contributed by atoms with E-state index in [-0.39, 0.29) is 12.2 Å². The second-order valence-corrected chi connectivity index (χ2v) is 3.24. The highest BCUT2D eigenvalue weighted by molar-refractivity contribution is 5.67. The minimum Gasteiger partial charge on any atom is -0.447 e. The van der Waals surface area contributed by atoms with Gasteiger partial charge in [0.1, 0.15) is 6.10 Å². The van der Waals surface area contributed by atoms with Crippen LogP contribution in [0.5, 0.6) is 0 Å². The molecule has 0 aliphatic rings. The summed E-state index contributed by atoms with van der Waals surface area (Å²) >= 11 is 0. The van der Waals surface area contributed by atoms with Crippen molar-refractivity contribution in [2.75, 3.05) is 6.54 Å². The van der Waals surface area contributed by atoms with Crippen LogP contribution in [0, 0.1) is 0 Å². The van der Waals surface area contributed by atoms with Crippen LogP contribution < -0.4 is 5.32 Å². The van der Waals surface area contributed by atoms with Crippen molar-refractivity contribution < 1.29 is 9.53 Å². The van der Waals surface area contributed by atoms with Crippen LogP contribution in [0.15, 0.2) is 0 Å². The van der Waals surface area contributed by atoms with Crippen LogP contribution >= 0.6 is 0 Å². The van der Waals surface area contributed by atoms with Gasteiger partial charge in [-0.15, -0.1) is 0 Å². The standard InChI is InChI=1S/C10H21NO2/c1-4-6-7-8-9(3)13-10(12)11-5-2/h9H,4-8H2,1-3H3,(H,11,12). The molecule has 0 rings (SSSR count). The summed E-state index contributed by atoms with van der Waals surface area (Å²) in [5.41, 5.74) is 0. The van der Waals surface area contributed by atoms with E-state index >= 15 is 0 Å². The molecule has 3 heteroatoms. The van der Waals surface area contributed by atoms with E-state index in [1.54, 1.807) is 0 Å². The quantitative estimate of drug-likeness (QED) is 0.649. The number of rotatable bonds is 6. The Morgan fingerprint density at radius 1 is 1.38 bits per heavy atom. The second-order valence-electron chi connectivity index (χ2n) is 3.24. The first-order valence-electron chi connectivity index (χ1n) is 5.15. The number of carbonyl (C=O) groups excluding carboxylic acids is 1. The van der Waals surface area contributed by atoms with E-state index in [1.807, 2.05) is 13.8 Å². The fourth-order valence-corrected chi connectivity index (χ4v) is 1.11. The zero-order valence-corrected chi connectivity index (χ0v) is 8.93. The van der Waals surface area contributed by atoms with Crippen molar-refractivity contribution in [3.8, 4) is 0 Å². The van der Waals surface area contributed by atoms with E-state index in [4.69, 9.17) is 4.74 Å². The lowest BCUT2D eigenvalue weighted by atomic mass is 10.1. The predicted molar refractivity (Wildman–Crippen MR) is 53.8 cm³/mol. The summed E-state index contributed by atoms with van der Waals surface area (Å²) in [7, 11) is 0. The van der Waals surface area contributed by atoms with Gasteiger partial charge in [-0.1, -0.05) is 19.8 Å². The molecule has 0 spiro atoms. The summed E-state index contributed by atoms with van der Waals surface area (Å²) in [6.07, 6.45) is 4.25. The molecule has 78 valence electrons. The first-order chi connectivity index (χ1) is 6.20. The number of alkyl carbamates (subject to hydrolysis) is 1. The van der Waals surface area contributed by atoms with Crippen LogP contribution in [0.1, 0.15) is 46.5 Å². The van der Waals surface area contributed by atoms with E-state index in [0.29, 0.717) is 6.54 Å². The number of nitrogens with one attached hydrogen (secondary N) is 1. The average molecular weight is 187 g/mol. The number of unbranched alkanes of at least 4 members (excludes halogenated alkanes) is 2. The minimum atomic E-state index is -0.300. The van der Waals surface area contributed by atoms with Gasteiger partial charge in [0.25, 0.3) is 0 Å². The third-order valence-corrected chi connectivity index (χ3v) is 1.84. The third-order valence-electron chi connectivity index (χ3n) is 1.84. The van der Waals surface area contributed by atoms with E-state index in [2.05, 4.69) is 12.2 Å². The second kappa shape index (κ2) is 7.90. The molecule has 1 amide bonds. The number of hydrogen-bond acceptors (Lipinski definition) is 2. The summed E-state index contributed by atoms with van der Waals surface area (Å²) in [5, 5.41) is 2.61. The summed E-state index contributed by atoms with van der Waals surface area (Å²) in [6, 6.07) is 0. The Morgan fingerprint density at radius 3 is 2.62 bits per heavy atom. The van der Waals surface area contributed by atoms with Gasteiger partial charge >= 0.3 is 6.09 Å². The van der Waals surface area contributed by atoms with E-state index < -0.39 is 0 Å². The number of amides is 1. The molecule has 0 radical (unpaired) electrons. The van der Waals surface area contributed by atoms with Crippen molar-refractivity contribution in [1.82, 2.24) is 5.32 Å². The van der Waals surface area contributed by atoms with Gasteiger partial charge in [0.2, 0.25) is 0 Å². The fraction of sp³-hybridized carbons (Fsp3) is 0.900. The van der Waals surface area contributed by atoms with Gasteiger partial charge in [0.15, 0.2) is 0 Å². The highest BCUT2D eigenvalue weighted by atomic mass is 16.6. The summed E-state index contributed by atoms with van der Waals surface area (Å²) in [6.45, 7) is 6.60. The SMILES string of the molecule is CCCCCC(C)OC(=O)NCC. The van der Waals surface area contributed by atoms with Crippen LogP contribution in [-0.4, -0.2) is 18.7 Å². The van der Waals surface area contributed by atoms with Gasteiger partial charge in [0, 0.05) is 6.54 Å². The van der Waals surface area contributed by atoms with Crippen LogP contribution in [0.3, 0.4) is 0 Å². The molecule has 0 aromatic carbocycles. The first-order valence-corrected chi connectivity index (χ1v) is 5.15. The molecule has 1 atom stereocenters. The maximum absolute atomic E-state index is 11.0. The largest absolute Gasteiger partial charge is 0.447 e. The van der Waals surface area contributed by atoms with Gasteiger partial charge in [-0.3, -0.25) is 0 Å². The molecule has 13 heavy (non-hydrogen) atoms. The van der Waals surface area contributed by atoms with E-state index in [1.165, 1.54) is 12.8 Å². The van der Waals surface area contributed by atoms with Crippen molar-refractivity contribution in [2.24, 2.45) is 0 Å². The Labute approximate surface area is 80.8 Å². The van der Waals surface area contributed by atoms with Gasteiger partial charge in [-0.2, -0.15) is 0 Å². The molecule has 0 aliphatic carbocycles. The topological polar surface area (TPSA) is 38.3 Å². The summed E-state index contributed by atoms with van der Waals surface area (Å²) < 4.78 is 5.09. The maximum Gasteiger partial charge on any atom is 0.407 e. The van der Waals surface area contributed by atoms with E-state index in [0.717, 1.165) is 12.8 Å². The average Bonchev–Trinajstić information content (AvgIpc) is 2.05. The van der Waals surface area contributed by atoms with Crippen molar-refractivity contribution in [3.05, 3.63) is 0 Å². The van der Waals surface area contributed by atoms with Crippen LogP contribution in [0.4, 0.5) is 4.79 Å². The Morgan fingerprint density at radius 2 is 2.08 bits per heavy atom. The molecule has 0 aromatic heterocycles. The molecule has 0 saturated heterocycles. The van der Waals surface area contributed by atoms with Crippen molar-refractivity contribution in [1.29, 1.82) is 0 Å². The van der Waals surface area contributed by atoms with Gasteiger partial charge < -0.3 is 10.1 Å². The predicted octanol–water partition coefficient (Wildman–Crippen LogP) is 2.70. The first kappa shape index (κ1) is 12.3. The third kappa shape index (κ3) is 7.62. The molecule has 0 bridgehead atoms. The van der Waals surface area contributed by atoms with Crippen molar-refractivity contribution >= 4 is 6.09 Å². The highest BCUT2D eigenvalue weighted by Crippen LogP contribution is 2.05. The molecular weight excluding hydrogens is 166 g/mol. The Kier molecular flexibility index (Phi) is 7.45. The van der Waals surface area contributed by atoms with Crippen LogP contribution in [0.25, 0.3) is 0 Å². The molecule has 0 aromatic rings. The van der Waals surface area contributed by atoms with Crippen molar-refractivity contribution in [3.63, 3.8) is 0 Å². The number of carbonyl (C=O) groups is 1. The number of hydrogen-bond donors (Lipinski definition) is 1. The molecular formula is C10H21NO2. The number of ether oxygens (including phenoxy) is 1. The molecule has 0 saturated carbocycles. The summed E-state index contributed by atoms with van der Waals surface area (Å²) in [4.78, 5) is 11.0. The monoisotopic (exact) mass is 187 g/mol. The minimum absolute atomic E-state index is 0.0399. The Balaban J connectivity index is 3.38. The highest BCUT2D eigenvalue weighted by Gasteiger charge is 2.06. The molecule has 1 N–H and O–H groups in total. The lowest BCUT2D eigenvalue weighted by Crippen LogP contribution is -2.27. The normalized spacial score (nSPS) is 12.2. The van der Waals surface area contributed by atoms with Gasteiger partial charge in [-0.25, -0.2) is 4.79 Å². The van der Waals surface area contributed by atoms with Crippen LogP contribution in [0.2, 0.25) is 0 Å². The zero-order chi connectivity index (χ0) is 10.1. The molecule has 0 aliphatic heterocycles. The van der Waals surface area contributed by atoms with Gasteiger partial charge in [-0.05, 0) is 26.7 Å². The molecule has 3 nitrogen and oxygen atoms in total. The summed E-state index contributed by atoms with van der Waals surface area (Å²) in [5.74, 6) is 0. The Hall–Kier alpha value is -0.730. The van der Waals surface area contributed by atoms with E-state index in [9.17, 15) is 4.79 Å². The van der Waals surface area contributed by atoms with Gasteiger partial charge in [0.05, 0.1) is 0 Å². The molecule has 0 fully saturated rings. The lowest BCUT2D eigenvalue weighted by Gasteiger charge is -2.12. The molecule has 0 heterocycles. The maximum atomic E-state index is 11.0. The molecule has 1 unspecified atom stereocenters. The van der Waals surface area contributed by atoms with Crippen molar-refractivity contribution in [2.45, 2.75) is 52.6 Å². The van der Waals surface area contributed by atoms with Crippen LogP contribution in [-0.2, 0) is 4.74 Å².